The molecule has 1 saturated heterocycles. The quantitative estimate of drug-likeness (QED) is 0.191. The normalized spacial score (nSPS) is 23.6. The molecule has 0 aromatic rings. The van der Waals surface area contributed by atoms with E-state index in [1.807, 2.05) is 55.4 Å². The van der Waals surface area contributed by atoms with E-state index in [4.69, 9.17) is 5.73 Å². The van der Waals surface area contributed by atoms with Gasteiger partial charge in [0.2, 0.25) is 23.5 Å². The van der Waals surface area contributed by atoms with Crippen molar-refractivity contribution >= 4 is 29.4 Å². The Hall–Kier alpha value is -2.74. The molecule has 1 aliphatic carbocycles. The lowest BCUT2D eigenvalue weighted by atomic mass is 9.84. The highest BCUT2D eigenvalue weighted by Crippen LogP contribution is 2.65. The van der Waals surface area contributed by atoms with Crippen molar-refractivity contribution in [1.82, 2.24) is 25.8 Å². The van der Waals surface area contributed by atoms with Crippen molar-refractivity contribution in [3.8, 4) is 0 Å². The molecule has 246 valence electrons. The second-order valence-corrected chi connectivity index (χ2v) is 14.7. The van der Waals surface area contributed by atoms with Gasteiger partial charge in [-0.1, -0.05) is 55.4 Å². The van der Waals surface area contributed by atoms with Crippen LogP contribution in [0.25, 0.3) is 0 Å². The first kappa shape index (κ1) is 36.5. The number of piperidine rings is 1. The van der Waals surface area contributed by atoms with Crippen LogP contribution in [-0.2, 0) is 24.0 Å². The SMILES string of the molecule is CN(C)C(=O)[C@@H](NCN[C@H](C(=O)N1C[C@H]2[C@@H]([C@H]1C(=O)NC(CCC(F)(F)F)C(=O)C(N)=O)C2(C)C)C(C)(C)C)C(C)(C)C. The molecule has 1 unspecified atom stereocenters. The first-order valence-electron chi connectivity index (χ1n) is 14.5. The highest BCUT2D eigenvalue weighted by Gasteiger charge is 2.69. The summed E-state index contributed by atoms with van der Waals surface area (Å²) in [6.07, 6.45) is -6.88. The highest BCUT2D eigenvalue weighted by molar-refractivity contribution is 6.37. The van der Waals surface area contributed by atoms with Crippen molar-refractivity contribution in [2.24, 2.45) is 33.8 Å². The third kappa shape index (κ3) is 8.68. The number of halogens is 3. The fourth-order valence-electron chi connectivity index (χ4n) is 6.03. The maximum Gasteiger partial charge on any atom is 0.389 e. The molecule has 0 aromatic heterocycles. The molecule has 14 heteroatoms. The molecule has 0 radical (unpaired) electrons. The van der Waals surface area contributed by atoms with E-state index in [0.29, 0.717) is 0 Å². The maximum atomic E-state index is 14.1. The van der Waals surface area contributed by atoms with E-state index in [2.05, 4.69) is 16.0 Å². The minimum absolute atomic E-state index is 0.0330. The van der Waals surface area contributed by atoms with Crippen molar-refractivity contribution < 1.29 is 37.1 Å². The van der Waals surface area contributed by atoms with E-state index in [-0.39, 0.29) is 36.4 Å². The van der Waals surface area contributed by atoms with Crippen LogP contribution >= 0.6 is 0 Å². The van der Waals surface area contributed by atoms with Gasteiger partial charge in [0.1, 0.15) is 6.04 Å². The molecule has 0 bridgehead atoms. The number of primary amides is 1. The van der Waals surface area contributed by atoms with Gasteiger partial charge in [-0.15, -0.1) is 0 Å². The van der Waals surface area contributed by atoms with Crippen molar-refractivity contribution in [1.29, 1.82) is 0 Å². The van der Waals surface area contributed by atoms with Crippen LogP contribution < -0.4 is 21.7 Å². The number of rotatable bonds is 12. The van der Waals surface area contributed by atoms with Crippen molar-refractivity contribution in [2.45, 2.75) is 98.6 Å². The van der Waals surface area contributed by atoms with Gasteiger partial charge in [-0.05, 0) is 34.5 Å². The van der Waals surface area contributed by atoms with E-state index >= 15 is 0 Å². The van der Waals surface area contributed by atoms with Gasteiger partial charge < -0.3 is 20.9 Å². The summed E-state index contributed by atoms with van der Waals surface area (Å²) in [4.78, 5) is 67.3. The molecule has 2 aliphatic rings. The Labute approximate surface area is 252 Å². The molecule has 0 spiro atoms. The summed E-state index contributed by atoms with van der Waals surface area (Å²) in [7, 11) is 3.32. The van der Waals surface area contributed by atoms with E-state index in [9.17, 15) is 37.1 Å². The second-order valence-electron chi connectivity index (χ2n) is 14.7. The monoisotopic (exact) mass is 618 g/mol. The molecule has 6 atom stereocenters. The van der Waals surface area contributed by atoms with Crippen LogP contribution in [0, 0.1) is 28.1 Å². The molecule has 11 nitrogen and oxygen atoms in total. The molecule has 2 rings (SSSR count). The average Bonchev–Trinajstić information content (AvgIpc) is 3.16. The second kappa shape index (κ2) is 12.7. The van der Waals surface area contributed by atoms with Gasteiger partial charge in [-0.25, -0.2) is 0 Å². The summed E-state index contributed by atoms with van der Waals surface area (Å²) in [5, 5.41) is 8.72. The summed E-state index contributed by atoms with van der Waals surface area (Å²) >= 11 is 0. The molecule has 2 fully saturated rings. The number of nitrogens with zero attached hydrogens (tertiary/aromatic N) is 2. The molecule has 4 amide bonds. The predicted molar refractivity (Wildman–Crippen MR) is 154 cm³/mol. The molecule has 0 aromatic carbocycles. The Morgan fingerprint density at radius 1 is 0.953 bits per heavy atom. The van der Waals surface area contributed by atoms with E-state index < -0.39 is 77.5 Å². The Balaban J connectivity index is 2.30. The number of alkyl halides is 3. The van der Waals surface area contributed by atoms with E-state index in [1.165, 1.54) is 9.80 Å². The van der Waals surface area contributed by atoms with Gasteiger partial charge in [-0.3, -0.25) is 34.6 Å². The van der Waals surface area contributed by atoms with Crippen LogP contribution in [-0.4, -0.2) is 96.9 Å². The fraction of sp³-hybridized carbons (Fsp3) is 0.828. The summed E-state index contributed by atoms with van der Waals surface area (Å²) < 4.78 is 38.8. The Bertz CT molecular complexity index is 1100. The maximum absolute atomic E-state index is 14.1. The number of amides is 4. The standard InChI is InChI=1S/C29H49F3N6O5/c1-26(2,3)20(24(42)37(9)10)34-14-35-21(27(4,5)6)25(43)38-13-15-17(28(15,7)8)18(38)23(41)36-16(19(39)22(33)40)11-12-29(30,31)32/h15-18,20-21,34-35H,11-14H2,1-10H3,(H2,33,40)(H,36,41)/t15-,16?,17-,18-,20+,21+/m0/s1. The molecular weight excluding hydrogens is 569 g/mol. The molecule has 43 heavy (non-hydrogen) atoms. The lowest BCUT2D eigenvalue weighted by Gasteiger charge is -2.39. The number of carbonyl (C=O) groups excluding carboxylic acids is 5. The number of Topliss-reactive ketones (excluding diaryl/α,β-unsaturated/α-hetero) is 1. The fourth-order valence-corrected chi connectivity index (χ4v) is 6.03. The van der Waals surface area contributed by atoms with Crippen LogP contribution in [0.1, 0.15) is 68.2 Å². The number of likely N-dealkylation sites (tertiary alicyclic amines) is 1. The number of carbonyl (C=O) groups is 5. The van der Waals surface area contributed by atoms with Gasteiger partial charge >= 0.3 is 6.18 Å². The van der Waals surface area contributed by atoms with Gasteiger partial charge in [-0.2, -0.15) is 13.2 Å². The van der Waals surface area contributed by atoms with Gasteiger partial charge in [0, 0.05) is 33.7 Å². The minimum atomic E-state index is -4.62. The van der Waals surface area contributed by atoms with Crippen molar-refractivity contribution in [2.75, 3.05) is 27.3 Å². The third-order valence-corrected chi connectivity index (χ3v) is 8.63. The number of hydrogen-bond donors (Lipinski definition) is 4. The van der Waals surface area contributed by atoms with Gasteiger partial charge in [0.15, 0.2) is 0 Å². The van der Waals surface area contributed by atoms with Crippen molar-refractivity contribution in [3.05, 3.63) is 0 Å². The Morgan fingerprint density at radius 3 is 1.91 bits per heavy atom. The molecular formula is C29H49F3N6O5. The molecule has 1 aliphatic heterocycles. The molecule has 5 N–H and O–H groups in total. The highest BCUT2D eigenvalue weighted by atomic mass is 19.4. The van der Waals surface area contributed by atoms with Gasteiger partial charge in [0.25, 0.3) is 5.91 Å². The van der Waals surface area contributed by atoms with Crippen LogP contribution in [0.5, 0.6) is 0 Å². The molecule has 1 saturated carbocycles. The number of nitrogens with two attached hydrogens (primary N) is 1. The third-order valence-electron chi connectivity index (χ3n) is 8.63. The topological polar surface area (TPSA) is 154 Å². The number of fused-ring (bicyclic) bond motifs is 1. The summed E-state index contributed by atoms with van der Waals surface area (Å²) in [6.45, 7) is 15.5. The van der Waals surface area contributed by atoms with Crippen molar-refractivity contribution in [3.63, 3.8) is 0 Å². The zero-order valence-corrected chi connectivity index (χ0v) is 26.9. The van der Waals surface area contributed by atoms with Crippen LogP contribution in [0.15, 0.2) is 0 Å². The summed E-state index contributed by atoms with van der Waals surface area (Å²) in [6, 6.07) is -4.19. The number of hydrogen-bond acceptors (Lipinski definition) is 7. The number of nitrogens with one attached hydrogen (secondary N) is 3. The van der Waals surface area contributed by atoms with Crippen LogP contribution in [0.4, 0.5) is 13.2 Å². The average molecular weight is 619 g/mol. The lowest BCUT2D eigenvalue weighted by Crippen LogP contribution is -2.61. The predicted octanol–water partition coefficient (Wildman–Crippen LogP) is 1.41. The minimum Gasteiger partial charge on any atom is -0.363 e. The first-order chi connectivity index (χ1) is 19.3. The lowest BCUT2D eigenvalue weighted by molar-refractivity contribution is -0.147. The van der Waals surface area contributed by atoms with Crippen LogP contribution in [0.3, 0.4) is 0 Å². The molecule has 1 heterocycles. The van der Waals surface area contributed by atoms with E-state index in [1.54, 1.807) is 14.1 Å². The zero-order valence-electron chi connectivity index (χ0n) is 26.9. The summed E-state index contributed by atoms with van der Waals surface area (Å²) in [5.41, 5.74) is 3.67. The smallest absolute Gasteiger partial charge is 0.363 e. The Kier molecular flexibility index (Phi) is 10.8. The number of likely N-dealkylation sites (N-methyl/N-ethyl adjacent to an activating group) is 1. The zero-order chi connectivity index (χ0) is 33.5. The number of ketones is 1. The van der Waals surface area contributed by atoms with Gasteiger partial charge in [0.05, 0.1) is 18.1 Å². The Morgan fingerprint density at radius 2 is 1.47 bits per heavy atom. The van der Waals surface area contributed by atoms with E-state index in [0.717, 1.165) is 0 Å². The largest absolute Gasteiger partial charge is 0.389 e. The summed E-state index contributed by atoms with van der Waals surface area (Å²) in [5.74, 6) is -4.43. The van der Waals surface area contributed by atoms with Crippen LogP contribution in [0.2, 0.25) is 0 Å². The first-order valence-corrected chi connectivity index (χ1v) is 14.5.